The molecule has 0 spiro atoms. The van der Waals surface area contributed by atoms with Crippen LogP contribution in [0, 0.1) is 18.8 Å². The summed E-state index contributed by atoms with van der Waals surface area (Å²) >= 11 is 0. The number of rotatable bonds is 6. The highest BCUT2D eigenvalue weighted by Crippen LogP contribution is 2.27. The number of hydrogen-bond acceptors (Lipinski definition) is 2. The molecule has 0 bridgehead atoms. The smallest absolute Gasteiger partial charge is 0.0575 e. The van der Waals surface area contributed by atoms with Crippen LogP contribution in [-0.2, 0) is 11.3 Å². The molecule has 1 aromatic rings. The zero-order valence-corrected chi connectivity index (χ0v) is 12.6. The third-order valence-corrected chi connectivity index (χ3v) is 4.05. The normalized spacial score (nSPS) is 24.0. The minimum absolute atomic E-state index is 0.509. The SMILES string of the molecule is Cc1cnn(CC2CCC(OCCC(C)C)CC2)c1. The van der Waals surface area contributed by atoms with Gasteiger partial charge in [0.05, 0.1) is 12.3 Å². The largest absolute Gasteiger partial charge is 0.378 e. The minimum atomic E-state index is 0.509. The Morgan fingerprint density at radius 3 is 2.63 bits per heavy atom. The number of nitrogens with zero attached hydrogens (tertiary/aromatic N) is 2. The lowest BCUT2D eigenvalue weighted by Crippen LogP contribution is -2.25. The molecule has 0 aliphatic heterocycles. The Balaban J connectivity index is 1.65. The van der Waals surface area contributed by atoms with Gasteiger partial charge in [-0.3, -0.25) is 4.68 Å². The third kappa shape index (κ3) is 4.98. The molecular weight excluding hydrogens is 236 g/mol. The Morgan fingerprint density at radius 2 is 2.05 bits per heavy atom. The van der Waals surface area contributed by atoms with E-state index >= 15 is 0 Å². The summed E-state index contributed by atoms with van der Waals surface area (Å²) in [6, 6.07) is 0. The van der Waals surface area contributed by atoms with Gasteiger partial charge in [-0.1, -0.05) is 13.8 Å². The first kappa shape index (κ1) is 14.6. The molecular formula is C16H28N2O. The van der Waals surface area contributed by atoms with E-state index < -0.39 is 0 Å². The lowest BCUT2D eigenvalue weighted by atomic mass is 9.87. The molecule has 0 N–H and O–H groups in total. The van der Waals surface area contributed by atoms with Crippen LogP contribution in [0.1, 0.15) is 51.5 Å². The summed E-state index contributed by atoms with van der Waals surface area (Å²) in [5, 5.41) is 4.38. The standard InChI is InChI=1S/C16H28N2O/c1-13(2)8-9-19-16-6-4-15(5-7-16)12-18-11-14(3)10-17-18/h10-11,13,15-16H,4-9,12H2,1-3H3. The van der Waals surface area contributed by atoms with Gasteiger partial charge in [-0.15, -0.1) is 0 Å². The second-order valence-corrected chi connectivity index (χ2v) is 6.44. The summed E-state index contributed by atoms with van der Waals surface area (Å²) < 4.78 is 8.07. The van der Waals surface area contributed by atoms with Gasteiger partial charge in [0.25, 0.3) is 0 Å². The molecule has 108 valence electrons. The van der Waals surface area contributed by atoms with E-state index in [0.717, 1.165) is 25.0 Å². The molecule has 1 fully saturated rings. The first-order chi connectivity index (χ1) is 9.13. The minimum Gasteiger partial charge on any atom is -0.378 e. The maximum absolute atomic E-state index is 5.97. The van der Waals surface area contributed by atoms with Crippen molar-refractivity contribution in [3.05, 3.63) is 18.0 Å². The van der Waals surface area contributed by atoms with Crippen LogP contribution in [0.3, 0.4) is 0 Å². The molecule has 0 amide bonds. The lowest BCUT2D eigenvalue weighted by Gasteiger charge is -2.28. The number of ether oxygens (including phenoxy) is 1. The van der Waals surface area contributed by atoms with Crippen molar-refractivity contribution < 1.29 is 4.74 Å². The van der Waals surface area contributed by atoms with Crippen molar-refractivity contribution in [1.82, 2.24) is 9.78 Å². The summed E-state index contributed by atoms with van der Waals surface area (Å²) in [5.74, 6) is 1.53. The molecule has 1 heterocycles. The Labute approximate surface area is 117 Å². The maximum atomic E-state index is 5.97. The molecule has 0 unspecified atom stereocenters. The van der Waals surface area contributed by atoms with Gasteiger partial charge in [-0.25, -0.2) is 0 Å². The van der Waals surface area contributed by atoms with Crippen LogP contribution in [0.15, 0.2) is 12.4 Å². The molecule has 1 aromatic heterocycles. The topological polar surface area (TPSA) is 27.1 Å². The molecule has 3 heteroatoms. The van der Waals surface area contributed by atoms with Crippen LogP contribution in [0.5, 0.6) is 0 Å². The monoisotopic (exact) mass is 264 g/mol. The zero-order chi connectivity index (χ0) is 13.7. The van der Waals surface area contributed by atoms with Gasteiger partial charge in [0.1, 0.15) is 0 Å². The average Bonchev–Trinajstić information content (AvgIpc) is 2.77. The molecule has 3 nitrogen and oxygen atoms in total. The highest BCUT2D eigenvalue weighted by molar-refractivity contribution is 4.99. The third-order valence-electron chi connectivity index (χ3n) is 4.05. The van der Waals surface area contributed by atoms with E-state index in [-0.39, 0.29) is 0 Å². The van der Waals surface area contributed by atoms with Crippen LogP contribution < -0.4 is 0 Å². The number of hydrogen-bond donors (Lipinski definition) is 0. The fourth-order valence-corrected chi connectivity index (χ4v) is 2.78. The van der Waals surface area contributed by atoms with Crippen LogP contribution in [0.25, 0.3) is 0 Å². The zero-order valence-electron chi connectivity index (χ0n) is 12.6. The highest BCUT2D eigenvalue weighted by Gasteiger charge is 2.22. The van der Waals surface area contributed by atoms with Crippen LogP contribution in [0.4, 0.5) is 0 Å². The van der Waals surface area contributed by atoms with Crippen molar-refractivity contribution in [1.29, 1.82) is 0 Å². The fraction of sp³-hybridized carbons (Fsp3) is 0.812. The van der Waals surface area contributed by atoms with E-state index in [4.69, 9.17) is 4.74 Å². The van der Waals surface area contributed by atoms with Crippen molar-refractivity contribution in [2.75, 3.05) is 6.61 Å². The second kappa shape index (κ2) is 7.09. The predicted octanol–water partition coefficient (Wildman–Crippen LogP) is 3.81. The van der Waals surface area contributed by atoms with E-state index in [1.54, 1.807) is 0 Å². The van der Waals surface area contributed by atoms with Crippen molar-refractivity contribution in [3.63, 3.8) is 0 Å². The Kier molecular flexibility index (Phi) is 5.44. The van der Waals surface area contributed by atoms with Crippen LogP contribution in [0.2, 0.25) is 0 Å². The highest BCUT2D eigenvalue weighted by atomic mass is 16.5. The number of aryl methyl sites for hydroxylation is 1. The van der Waals surface area contributed by atoms with Gasteiger partial charge in [-0.2, -0.15) is 5.10 Å². The molecule has 0 atom stereocenters. The summed E-state index contributed by atoms with van der Waals surface area (Å²) in [4.78, 5) is 0. The van der Waals surface area contributed by atoms with Crippen molar-refractivity contribution in [3.8, 4) is 0 Å². The van der Waals surface area contributed by atoms with Gasteiger partial charge in [-0.05, 0) is 56.4 Å². The Morgan fingerprint density at radius 1 is 1.32 bits per heavy atom. The molecule has 0 radical (unpaired) electrons. The fourth-order valence-electron chi connectivity index (χ4n) is 2.78. The molecule has 1 saturated carbocycles. The average molecular weight is 264 g/mol. The van der Waals surface area contributed by atoms with E-state index in [0.29, 0.717) is 6.10 Å². The van der Waals surface area contributed by atoms with Gasteiger partial charge >= 0.3 is 0 Å². The van der Waals surface area contributed by atoms with E-state index in [9.17, 15) is 0 Å². The quantitative estimate of drug-likeness (QED) is 0.781. The van der Waals surface area contributed by atoms with E-state index in [1.807, 2.05) is 6.20 Å². The predicted molar refractivity (Wildman–Crippen MR) is 78.1 cm³/mol. The molecule has 19 heavy (non-hydrogen) atoms. The van der Waals surface area contributed by atoms with Crippen molar-refractivity contribution in [2.45, 2.75) is 65.5 Å². The van der Waals surface area contributed by atoms with Crippen molar-refractivity contribution in [2.24, 2.45) is 11.8 Å². The first-order valence-electron chi connectivity index (χ1n) is 7.74. The van der Waals surface area contributed by atoms with Crippen molar-refractivity contribution >= 4 is 0 Å². The van der Waals surface area contributed by atoms with Crippen LogP contribution in [-0.4, -0.2) is 22.5 Å². The molecule has 1 aliphatic carbocycles. The maximum Gasteiger partial charge on any atom is 0.0575 e. The van der Waals surface area contributed by atoms with Gasteiger partial charge < -0.3 is 4.74 Å². The van der Waals surface area contributed by atoms with Gasteiger partial charge in [0.15, 0.2) is 0 Å². The van der Waals surface area contributed by atoms with Crippen LogP contribution >= 0.6 is 0 Å². The second-order valence-electron chi connectivity index (χ2n) is 6.44. The first-order valence-corrected chi connectivity index (χ1v) is 7.74. The molecule has 1 aliphatic rings. The van der Waals surface area contributed by atoms with Gasteiger partial charge in [0.2, 0.25) is 0 Å². The Hall–Kier alpha value is -0.830. The van der Waals surface area contributed by atoms with E-state index in [2.05, 4.69) is 36.7 Å². The number of aromatic nitrogens is 2. The van der Waals surface area contributed by atoms with E-state index in [1.165, 1.54) is 37.7 Å². The molecule has 2 rings (SSSR count). The van der Waals surface area contributed by atoms with Gasteiger partial charge in [0, 0.05) is 19.3 Å². The summed E-state index contributed by atoms with van der Waals surface area (Å²) in [5.41, 5.74) is 1.26. The summed E-state index contributed by atoms with van der Waals surface area (Å²) in [7, 11) is 0. The summed E-state index contributed by atoms with van der Waals surface area (Å²) in [6.07, 6.45) is 10.8. The lowest BCUT2D eigenvalue weighted by molar-refractivity contribution is 0.0112. The Bertz CT molecular complexity index is 365. The molecule has 0 saturated heterocycles. The molecule has 0 aromatic carbocycles. The summed E-state index contributed by atoms with van der Waals surface area (Å²) in [6.45, 7) is 8.62.